The number of likely N-dealkylation sites (tertiary alicyclic amines) is 1. The summed E-state index contributed by atoms with van der Waals surface area (Å²) in [6.45, 7) is 7.93. The molecular weight excluding hydrogens is 342 g/mol. The number of fused-ring (bicyclic) bond motifs is 2. The highest BCUT2D eigenvalue weighted by molar-refractivity contribution is 5.85. The molecule has 0 aromatic carbocycles. The van der Waals surface area contributed by atoms with Gasteiger partial charge in [0.15, 0.2) is 0 Å². The van der Waals surface area contributed by atoms with Crippen LogP contribution < -0.4 is 10.2 Å². The first kappa shape index (κ1) is 18.2. The first-order chi connectivity index (χ1) is 13.0. The summed E-state index contributed by atoms with van der Waals surface area (Å²) in [5.74, 6) is 0.187. The van der Waals surface area contributed by atoms with Gasteiger partial charge in [-0.1, -0.05) is 0 Å². The van der Waals surface area contributed by atoms with Gasteiger partial charge in [-0.25, -0.2) is 0 Å². The Morgan fingerprint density at radius 1 is 1.11 bits per heavy atom. The summed E-state index contributed by atoms with van der Waals surface area (Å²) >= 11 is 0. The number of nitrogens with zero attached hydrogens (tertiary/aromatic N) is 4. The number of hydrogen-bond donors (Lipinski definition) is 1. The fourth-order valence-electron chi connectivity index (χ4n) is 4.54. The topological polar surface area (TPSA) is 68.8 Å². The summed E-state index contributed by atoms with van der Waals surface area (Å²) in [5, 5.41) is 3.50. The Morgan fingerprint density at radius 3 is 2.48 bits per heavy atom. The standard InChI is InChI=1S/C20H29N5O2/c1-14-9-18(10-15(2)21-14)23-5-7-24(8-6-23)20(27)13-25-12-17-4-3-16(22-17)11-19(25)26/h9-10,16-17,22H,3-8,11-13H2,1-2H3/t16-,17+/m1/s1. The molecule has 0 radical (unpaired) electrons. The van der Waals surface area contributed by atoms with Crippen molar-refractivity contribution in [2.75, 3.05) is 44.2 Å². The number of carbonyl (C=O) groups excluding carboxylic acids is 2. The Hall–Kier alpha value is -2.15. The van der Waals surface area contributed by atoms with Crippen LogP contribution in [-0.2, 0) is 9.59 Å². The summed E-state index contributed by atoms with van der Waals surface area (Å²) in [4.78, 5) is 35.6. The molecule has 3 saturated heterocycles. The van der Waals surface area contributed by atoms with Crippen LogP contribution in [0.15, 0.2) is 12.1 Å². The molecule has 0 spiro atoms. The molecule has 7 nitrogen and oxygen atoms in total. The van der Waals surface area contributed by atoms with E-state index in [0.29, 0.717) is 38.1 Å². The molecule has 0 aliphatic carbocycles. The number of hydrogen-bond acceptors (Lipinski definition) is 5. The molecule has 7 heteroatoms. The predicted octanol–water partition coefficient (Wildman–Crippen LogP) is 0.700. The zero-order chi connectivity index (χ0) is 19.0. The molecule has 2 atom stereocenters. The van der Waals surface area contributed by atoms with Crippen LogP contribution in [0.5, 0.6) is 0 Å². The largest absolute Gasteiger partial charge is 0.368 e. The highest BCUT2D eigenvalue weighted by atomic mass is 16.2. The Labute approximate surface area is 160 Å². The molecule has 3 fully saturated rings. The van der Waals surface area contributed by atoms with Gasteiger partial charge in [-0.05, 0) is 38.8 Å². The van der Waals surface area contributed by atoms with Gasteiger partial charge in [0.25, 0.3) is 0 Å². The molecule has 3 aliphatic heterocycles. The summed E-state index contributed by atoms with van der Waals surface area (Å²) in [7, 11) is 0. The van der Waals surface area contributed by atoms with Gasteiger partial charge in [0.1, 0.15) is 0 Å². The third-order valence-electron chi connectivity index (χ3n) is 5.94. The average Bonchev–Trinajstić information content (AvgIpc) is 3.00. The van der Waals surface area contributed by atoms with E-state index in [1.165, 1.54) is 5.69 Å². The second-order valence-electron chi connectivity index (χ2n) is 8.09. The van der Waals surface area contributed by atoms with Crippen LogP contribution in [0.4, 0.5) is 5.69 Å². The second kappa shape index (κ2) is 7.46. The van der Waals surface area contributed by atoms with Crippen molar-refractivity contribution in [3.8, 4) is 0 Å². The molecular formula is C20H29N5O2. The number of pyridine rings is 1. The van der Waals surface area contributed by atoms with Gasteiger partial charge in [-0.15, -0.1) is 0 Å². The number of amides is 2. The zero-order valence-corrected chi connectivity index (χ0v) is 16.3. The Bertz CT molecular complexity index is 709. The maximum atomic E-state index is 12.8. The quantitative estimate of drug-likeness (QED) is 0.847. The fourth-order valence-corrected chi connectivity index (χ4v) is 4.54. The number of nitrogens with one attached hydrogen (secondary N) is 1. The smallest absolute Gasteiger partial charge is 0.242 e. The monoisotopic (exact) mass is 371 g/mol. The molecule has 27 heavy (non-hydrogen) atoms. The maximum absolute atomic E-state index is 12.8. The van der Waals surface area contributed by atoms with Crippen molar-refractivity contribution in [1.29, 1.82) is 0 Å². The summed E-state index contributed by atoms with van der Waals surface area (Å²) in [6, 6.07) is 4.85. The van der Waals surface area contributed by atoms with Crippen LogP contribution in [0.3, 0.4) is 0 Å². The number of piperazine rings is 1. The zero-order valence-electron chi connectivity index (χ0n) is 16.3. The van der Waals surface area contributed by atoms with Crippen LogP contribution >= 0.6 is 0 Å². The Kier molecular flexibility index (Phi) is 5.04. The molecule has 1 N–H and O–H groups in total. The second-order valence-corrected chi connectivity index (χ2v) is 8.09. The van der Waals surface area contributed by atoms with Gasteiger partial charge in [-0.2, -0.15) is 0 Å². The van der Waals surface area contributed by atoms with E-state index in [1.807, 2.05) is 18.7 Å². The lowest BCUT2D eigenvalue weighted by molar-refractivity contribution is -0.140. The van der Waals surface area contributed by atoms with Gasteiger partial charge >= 0.3 is 0 Å². The van der Waals surface area contributed by atoms with E-state index >= 15 is 0 Å². The van der Waals surface area contributed by atoms with E-state index in [-0.39, 0.29) is 18.4 Å². The lowest BCUT2D eigenvalue weighted by atomic mass is 10.1. The van der Waals surface area contributed by atoms with Crippen molar-refractivity contribution in [2.45, 2.75) is 45.2 Å². The molecule has 3 aliphatic rings. The van der Waals surface area contributed by atoms with Gasteiger partial charge in [0, 0.05) is 68.3 Å². The normalized spacial score (nSPS) is 25.7. The average molecular weight is 371 g/mol. The van der Waals surface area contributed by atoms with Crippen LogP contribution in [0.1, 0.15) is 30.7 Å². The summed E-state index contributed by atoms with van der Waals surface area (Å²) in [5.41, 5.74) is 3.22. The van der Waals surface area contributed by atoms with Gasteiger partial charge in [-0.3, -0.25) is 14.6 Å². The minimum absolute atomic E-state index is 0.0721. The van der Waals surface area contributed by atoms with E-state index in [0.717, 1.165) is 37.3 Å². The Balaban J connectivity index is 1.32. The van der Waals surface area contributed by atoms with Crippen molar-refractivity contribution in [3.05, 3.63) is 23.5 Å². The minimum atomic E-state index is 0.0721. The number of rotatable bonds is 3. The van der Waals surface area contributed by atoms with Crippen LogP contribution in [0.25, 0.3) is 0 Å². The molecule has 1 aromatic heterocycles. The molecule has 4 rings (SSSR count). The van der Waals surface area contributed by atoms with Gasteiger partial charge in [0.2, 0.25) is 11.8 Å². The molecule has 0 unspecified atom stereocenters. The summed E-state index contributed by atoms with van der Waals surface area (Å²) in [6.07, 6.45) is 2.71. The van der Waals surface area contributed by atoms with Crippen LogP contribution in [0, 0.1) is 13.8 Å². The summed E-state index contributed by atoms with van der Waals surface area (Å²) < 4.78 is 0. The number of carbonyl (C=O) groups is 2. The van der Waals surface area contributed by atoms with Crippen molar-refractivity contribution >= 4 is 17.5 Å². The van der Waals surface area contributed by atoms with E-state index in [9.17, 15) is 9.59 Å². The van der Waals surface area contributed by atoms with Gasteiger partial charge < -0.3 is 20.0 Å². The van der Waals surface area contributed by atoms with E-state index < -0.39 is 0 Å². The Morgan fingerprint density at radius 2 is 1.78 bits per heavy atom. The predicted molar refractivity (Wildman–Crippen MR) is 104 cm³/mol. The highest BCUT2D eigenvalue weighted by Gasteiger charge is 2.35. The van der Waals surface area contributed by atoms with E-state index in [1.54, 1.807) is 4.90 Å². The molecule has 2 bridgehead atoms. The van der Waals surface area contributed by atoms with Crippen molar-refractivity contribution < 1.29 is 9.59 Å². The van der Waals surface area contributed by atoms with E-state index in [4.69, 9.17) is 0 Å². The third-order valence-corrected chi connectivity index (χ3v) is 5.94. The molecule has 0 saturated carbocycles. The minimum Gasteiger partial charge on any atom is -0.368 e. The SMILES string of the molecule is Cc1cc(N2CCN(C(=O)CN3C[C@@H]4CC[C@H](CC3=O)N4)CC2)cc(C)n1. The van der Waals surface area contributed by atoms with Crippen molar-refractivity contribution in [3.63, 3.8) is 0 Å². The number of aryl methyl sites for hydroxylation is 2. The molecule has 1 aromatic rings. The van der Waals surface area contributed by atoms with Crippen LogP contribution in [0.2, 0.25) is 0 Å². The van der Waals surface area contributed by atoms with Crippen molar-refractivity contribution in [2.24, 2.45) is 0 Å². The first-order valence-corrected chi connectivity index (χ1v) is 10.00. The molecule has 4 heterocycles. The molecule has 2 amide bonds. The van der Waals surface area contributed by atoms with Crippen LogP contribution in [-0.4, -0.2) is 78.0 Å². The fraction of sp³-hybridized carbons (Fsp3) is 0.650. The highest BCUT2D eigenvalue weighted by Crippen LogP contribution is 2.22. The lowest BCUT2D eigenvalue weighted by Gasteiger charge is -2.37. The number of aromatic nitrogens is 1. The third kappa shape index (κ3) is 4.08. The van der Waals surface area contributed by atoms with E-state index in [2.05, 4.69) is 27.3 Å². The first-order valence-electron chi connectivity index (χ1n) is 10.00. The maximum Gasteiger partial charge on any atom is 0.242 e. The lowest BCUT2D eigenvalue weighted by Crippen LogP contribution is -2.52. The van der Waals surface area contributed by atoms with Crippen molar-refractivity contribution in [1.82, 2.24) is 20.1 Å². The molecule has 146 valence electrons. The van der Waals surface area contributed by atoms with Gasteiger partial charge in [0.05, 0.1) is 6.54 Å². The number of anilines is 1.